The van der Waals surface area contributed by atoms with E-state index in [1.807, 2.05) is 11.3 Å². The van der Waals surface area contributed by atoms with Crippen LogP contribution < -0.4 is 5.32 Å². The van der Waals surface area contributed by atoms with Crippen LogP contribution in [0.25, 0.3) is 0 Å². The van der Waals surface area contributed by atoms with Gasteiger partial charge in [0.1, 0.15) is 0 Å². The topological polar surface area (TPSA) is 15.3 Å². The van der Waals surface area contributed by atoms with Crippen LogP contribution in [0.3, 0.4) is 0 Å². The van der Waals surface area contributed by atoms with Gasteiger partial charge >= 0.3 is 0 Å². The summed E-state index contributed by atoms with van der Waals surface area (Å²) in [6.45, 7) is 8.22. The highest BCUT2D eigenvalue weighted by Gasteiger charge is 2.45. The van der Waals surface area contributed by atoms with E-state index in [0.717, 1.165) is 19.0 Å². The molecule has 2 aliphatic rings. The summed E-state index contributed by atoms with van der Waals surface area (Å²) in [7, 11) is 0. The predicted octanol–water partition coefficient (Wildman–Crippen LogP) is 4.25. The molecule has 2 heterocycles. The molecule has 0 aromatic carbocycles. The zero-order chi connectivity index (χ0) is 14.2. The van der Waals surface area contributed by atoms with E-state index in [1.165, 1.54) is 40.9 Å². The molecule has 1 aliphatic carbocycles. The van der Waals surface area contributed by atoms with Crippen LogP contribution in [0.15, 0.2) is 15.9 Å². The molecule has 1 N–H and O–H groups in total. The van der Waals surface area contributed by atoms with Gasteiger partial charge in [0, 0.05) is 36.1 Å². The lowest BCUT2D eigenvalue weighted by atomic mass is 9.90. The molecule has 1 aromatic rings. The highest BCUT2D eigenvalue weighted by atomic mass is 79.9. The number of thiophene rings is 1. The largest absolute Gasteiger partial charge is 0.308 e. The lowest BCUT2D eigenvalue weighted by Crippen LogP contribution is -2.63. The Morgan fingerprint density at radius 3 is 2.85 bits per heavy atom. The normalized spacial score (nSPS) is 31.6. The number of hydrogen-bond acceptors (Lipinski definition) is 3. The molecule has 0 bridgehead atoms. The lowest BCUT2D eigenvalue weighted by Gasteiger charge is -2.46. The molecule has 1 saturated heterocycles. The molecule has 0 spiro atoms. The third kappa shape index (κ3) is 3.29. The Morgan fingerprint density at radius 1 is 1.45 bits per heavy atom. The van der Waals surface area contributed by atoms with E-state index in [2.05, 4.69) is 52.1 Å². The maximum absolute atomic E-state index is 3.87. The van der Waals surface area contributed by atoms with Crippen molar-refractivity contribution in [2.24, 2.45) is 5.92 Å². The molecule has 2 atom stereocenters. The van der Waals surface area contributed by atoms with Crippen LogP contribution in [-0.4, -0.2) is 29.6 Å². The molecule has 1 aromatic heterocycles. The zero-order valence-corrected chi connectivity index (χ0v) is 14.9. The van der Waals surface area contributed by atoms with E-state index in [-0.39, 0.29) is 0 Å². The van der Waals surface area contributed by atoms with Gasteiger partial charge < -0.3 is 5.32 Å². The number of halogens is 1. The maximum atomic E-state index is 3.87. The molecule has 3 rings (SSSR count). The number of rotatable bonds is 5. The van der Waals surface area contributed by atoms with Gasteiger partial charge in [0.15, 0.2) is 0 Å². The van der Waals surface area contributed by atoms with Crippen LogP contribution in [0.1, 0.15) is 44.4 Å². The minimum absolute atomic E-state index is 0.346. The van der Waals surface area contributed by atoms with Crippen LogP contribution in [0.2, 0.25) is 0 Å². The molecule has 0 amide bonds. The van der Waals surface area contributed by atoms with E-state index in [0.29, 0.717) is 11.6 Å². The van der Waals surface area contributed by atoms with Gasteiger partial charge in [-0.05, 0) is 60.2 Å². The minimum Gasteiger partial charge on any atom is -0.308 e. The molecule has 112 valence electrons. The van der Waals surface area contributed by atoms with Crippen molar-refractivity contribution in [2.45, 2.75) is 57.7 Å². The number of nitrogens with one attached hydrogen (secondary N) is 1. The quantitative estimate of drug-likeness (QED) is 0.847. The fourth-order valence-electron chi connectivity index (χ4n) is 3.52. The van der Waals surface area contributed by atoms with Gasteiger partial charge in [-0.3, -0.25) is 4.90 Å². The smallest absolute Gasteiger partial charge is 0.0701 e. The first-order valence-electron chi connectivity index (χ1n) is 7.84. The van der Waals surface area contributed by atoms with Gasteiger partial charge in [-0.1, -0.05) is 13.3 Å². The van der Waals surface area contributed by atoms with Gasteiger partial charge in [0.05, 0.1) is 3.79 Å². The van der Waals surface area contributed by atoms with Crippen molar-refractivity contribution in [3.63, 3.8) is 0 Å². The van der Waals surface area contributed by atoms with E-state index >= 15 is 0 Å². The van der Waals surface area contributed by atoms with Crippen molar-refractivity contribution in [3.05, 3.63) is 20.8 Å². The van der Waals surface area contributed by atoms with Gasteiger partial charge in [-0.2, -0.15) is 0 Å². The summed E-state index contributed by atoms with van der Waals surface area (Å²) in [4.78, 5) is 4.22. The summed E-state index contributed by atoms with van der Waals surface area (Å²) in [6, 6.07) is 5.15. The molecule has 0 radical (unpaired) electrons. The Labute approximate surface area is 135 Å². The minimum atomic E-state index is 0.346. The van der Waals surface area contributed by atoms with Crippen LogP contribution in [0, 0.1) is 5.92 Å². The van der Waals surface area contributed by atoms with Crippen molar-refractivity contribution >= 4 is 27.3 Å². The summed E-state index contributed by atoms with van der Waals surface area (Å²) in [5.74, 6) is 0.905. The summed E-state index contributed by atoms with van der Waals surface area (Å²) in [5.41, 5.74) is 0.346. The third-order valence-electron chi connectivity index (χ3n) is 4.88. The summed E-state index contributed by atoms with van der Waals surface area (Å²) in [5, 5.41) is 3.87. The summed E-state index contributed by atoms with van der Waals surface area (Å²) in [6.07, 6.45) is 5.41. The number of hydrogen-bond donors (Lipinski definition) is 1. The zero-order valence-electron chi connectivity index (χ0n) is 12.5. The van der Waals surface area contributed by atoms with E-state index in [4.69, 9.17) is 0 Å². The van der Waals surface area contributed by atoms with E-state index < -0.39 is 0 Å². The first kappa shape index (κ1) is 15.0. The van der Waals surface area contributed by atoms with Crippen LogP contribution in [-0.2, 0) is 6.54 Å². The molecule has 4 heteroatoms. The molecular weight excluding hydrogens is 332 g/mol. The first-order chi connectivity index (χ1) is 9.60. The standard InChI is InChI=1S/C16H25BrN2S/c1-3-4-13-9-18-16(2,12-5-6-12)11-19(13)10-14-7-8-15(17)20-14/h7-8,12-13,18H,3-6,9-11H2,1-2H3. The Morgan fingerprint density at radius 2 is 2.25 bits per heavy atom. The van der Waals surface area contributed by atoms with Crippen molar-refractivity contribution < 1.29 is 0 Å². The number of nitrogens with zero attached hydrogens (tertiary/aromatic N) is 1. The van der Waals surface area contributed by atoms with E-state index in [1.54, 1.807) is 0 Å². The predicted molar refractivity (Wildman–Crippen MR) is 90.3 cm³/mol. The average molecular weight is 357 g/mol. The molecule has 2 unspecified atom stereocenters. The van der Waals surface area contributed by atoms with Crippen molar-refractivity contribution in [2.75, 3.05) is 13.1 Å². The monoisotopic (exact) mass is 356 g/mol. The molecular formula is C16H25BrN2S. The van der Waals surface area contributed by atoms with Crippen molar-refractivity contribution in [1.82, 2.24) is 10.2 Å². The fourth-order valence-corrected chi connectivity index (χ4v) is 5.03. The lowest BCUT2D eigenvalue weighted by molar-refractivity contribution is 0.0647. The highest BCUT2D eigenvalue weighted by molar-refractivity contribution is 9.11. The van der Waals surface area contributed by atoms with Crippen LogP contribution >= 0.6 is 27.3 Å². The molecule has 2 fully saturated rings. The van der Waals surface area contributed by atoms with Crippen molar-refractivity contribution in [3.8, 4) is 0 Å². The van der Waals surface area contributed by atoms with Gasteiger partial charge in [-0.25, -0.2) is 0 Å². The second-order valence-electron chi connectivity index (χ2n) is 6.63. The highest BCUT2D eigenvalue weighted by Crippen LogP contribution is 2.42. The molecule has 20 heavy (non-hydrogen) atoms. The second-order valence-corrected chi connectivity index (χ2v) is 9.17. The average Bonchev–Trinajstić information content (AvgIpc) is 3.19. The maximum Gasteiger partial charge on any atom is 0.0701 e. The first-order valence-corrected chi connectivity index (χ1v) is 9.45. The summed E-state index contributed by atoms with van der Waals surface area (Å²) < 4.78 is 1.25. The second kappa shape index (κ2) is 6.07. The Bertz CT molecular complexity index is 457. The van der Waals surface area contributed by atoms with Crippen LogP contribution in [0.5, 0.6) is 0 Å². The Balaban J connectivity index is 1.71. The van der Waals surface area contributed by atoms with Gasteiger partial charge in [-0.15, -0.1) is 11.3 Å². The van der Waals surface area contributed by atoms with Gasteiger partial charge in [0.25, 0.3) is 0 Å². The van der Waals surface area contributed by atoms with E-state index in [9.17, 15) is 0 Å². The van der Waals surface area contributed by atoms with Crippen LogP contribution in [0.4, 0.5) is 0 Å². The number of piperazine rings is 1. The van der Waals surface area contributed by atoms with Gasteiger partial charge in [0.2, 0.25) is 0 Å². The molecule has 1 aliphatic heterocycles. The SMILES string of the molecule is CCCC1CNC(C)(C2CC2)CN1Cc1ccc(Br)s1. The fraction of sp³-hybridized carbons (Fsp3) is 0.750. The molecule has 1 saturated carbocycles. The third-order valence-corrected chi connectivity index (χ3v) is 6.49. The van der Waals surface area contributed by atoms with Crippen molar-refractivity contribution in [1.29, 1.82) is 0 Å². The Hall–Kier alpha value is 0.1000. The summed E-state index contributed by atoms with van der Waals surface area (Å²) >= 11 is 5.47. The Kier molecular flexibility index (Phi) is 4.56. The molecule has 2 nitrogen and oxygen atoms in total.